The largest absolute Gasteiger partial charge is 1.00 e. The molecule has 1 saturated heterocycles. The second-order valence-electron chi connectivity index (χ2n) is 6.22. The molecule has 1 aromatic heterocycles. The number of aryl methyl sites for hydroxylation is 1. The summed E-state index contributed by atoms with van der Waals surface area (Å²) in [4.78, 5) is 24.8. The number of aliphatic carboxylic acids is 1. The fourth-order valence-corrected chi connectivity index (χ4v) is 3.47. The number of β-lactam (4-membered cyclic amide) rings is 1. The summed E-state index contributed by atoms with van der Waals surface area (Å²) in [6.45, 7) is 1.62. The molecule has 2 aliphatic rings. The second kappa shape index (κ2) is 8.01. The number of carbonyl (C=O) groups is 2. The first-order valence-corrected chi connectivity index (χ1v) is 7.98. The third-order valence-corrected chi connectivity index (χ3v) is 4.62. The molecular formula is C16H19N2NaO6. The van der Waals surface area contributed by atoms with E-state index in [0.29, 0.717) is 29.9 Å². The predicted molar refractivity (Wildman–Crippen MR) is 78.9 cm³/mol. The van der Waals surface area contributed by atoms with Crippen molar-refractivity contribution in [3.63, 3.8) is 0 Å². The zero-order chi connectivity index (χ0) is 17.4. The molecule has 3 atom stereocenters. The van der Waals surface area contributed by atoms with Gasteiger partial charge in [0, 0.05) is 24.7 Å². The van der Waals surface area contributed by atoms with Crippen LogP contribution in [0.2, 0.25) is 0 Å². The molecule has 1 amide bonds. The smallest absolute Gasteiger partial charge is 0.543 e. The summed E-state index contributed by atoms with van der Waals surface area (Å²) in [5.74, 6) is -2.15. The standard InChI is InChI=1S/C16H20N2O6.Na/c1-8(20)13-11-7-10(14(16(22)23)18(11)15(13)21)12-6-9(17-24-12)4-2-3-5-19;/h6,8,11,13,19-20H,2-5,7H2,1H3,(H,22,23);/q;+1/p-1/t8-,11-,13-;/m1./s1. The van der Waals surface area contributed by atoms with Crippen LogP contribution in [-0.2, 0) is 16.0 Å². The van der Waals surface area contributed by atoms with E-state index < -0.39 is 23.9 Å². The van der Waals surface area contributed by atoms with Gasteiger partial charge >= 0.3 is 29.6 Å². The molecule has 1 fully saturated rings. The van der Waals surface area contributed by atoms with E-state index in [0.717, 1.165) is 6.42 Å². The summed E-state index contributed by atoms with van der Waals surface area (Å²) in [5.41, 5.74) is 0.841. The molecule has 9 heteroatoms. The Morgan fingerprint density at radius 3 is 2.84 bits per heavy atom. The van der Waals surface area contributed by atoms with Crippen molar-refractivity contribution in [1.82, 2.24) is 10.1 Å². The van der Waals surface area contributed by atoms with Crippen LogP contribution in [0.25, 0.3) is 5.57 Å². The maximum Gasteiger partial charge on any atom is 1.00 e. The first-order chi connectivity index (χ1) is 11.5. The number of hydrogen-bond donors (Lipinski definition) is 2. The Kier molecular flexibility index (Phi) is 6.45. The number of fused-ring (bicyclic) bond motifs is 1. The molecular weight excluding hydrogens is 339 g/mol. The van der Waals surface area contributed by atoms with Gasteiger partial charge in [0.2, 0.25) is 5.91 Å². The molecule has 2 N–H and O–H groups in total. The Bertz CT molecular complexity index is 699. The number of aliphatic hydroxyl groups excluding tert-OH is 2. The van der Waals surface area contributed by atoms with E-state index in [-0.39, 0.29) is 54.3 Å². The summed E-state index contributed by atoms with van der Waals surface area (Å²) in [6.07, 6.45) is 1.45. The normalized spacial score (nSPS) is 23.2. The number of carboxylic acids is 1. The van der Waals surface area contributed by atoms with Gasteiger partial charge in [-0.25, -0.2) is 0 Å². The van der Waals surface area contributed by atoms with Crippen molar-refractivity contribution >= 4 is 17.4 Å². The third-order valence-electron chi connectivity index (χ3n) is 4.62. The number of carboxylic acid groups (broad SMARTS) is 1. The van der Waals surface area contributed by atoms with E-state index in [1.807, 2.05) is 0 Å². The number of aliphatic hydroxyl groups is 2. The van der Waals surface area contributed by atoms with Crippen molar-refractivity contribution in [2.45, 2.75) is 44.8 Å². The number of carbonyl (C=O) groups excluding carboxylic acids is 2. The number of hydrogen-bond acceptors (Lipinski definition) is 7. The van der Waals surface area contributed by atoms with Crippen molar-refractivity contribution in [1.29, 1.82) is 0 Å². The fraction of sp³-hybridized carbons (Fsp3) is 0.562. The molecule has 130 valence electrons. The fourth-order valence-electron chi connectivity index (χ4n) is 3.47. The van der Waals surface area contributed by atoms with Gasteiger partial charge in [0.25, 0.3) is 0 Å². The molecule has 3 heterocycles. The van der Waals surface area contributed by atoms with Gasteiger partial charge in [0.15, 0.2) is 5.76 Å². The molecule has 1 aromatic rings. The maximum atomic E-state index is 12.1. The number of unbranched alkanes of at least 4 members (excludes halogenated alkanes) is 1. The van der Waals surface area contributed by atoms with E-state index in [2.05, 4.69) is 5.16 Å². The van der Waals surface area contributed by atoms with Gasteiger partial charge in [-0.05, 0) is 26.2 Å². The van der Waals surface area contributed by atoms with Gasteiger partial charge in [-0.3, -0.25) is 4.79 Å². The van der Waals surface area contributed by atoms with E-state index in [4.69, 9.17) is 9.63 Å². The number of aromatic nitrogens is 1. The van der Waals surface area contributed by atoms with E-state index >= 15 is 0 Å². The van der Waals surface area contributed by atoms with Crippen molar-refractivity contribution in [2.75, 3.05) is 6.61 Å². The minimum Gasteiger partial charge on any atom is -0.543 e. The topological polar surface area (TPSA) is 127 Å². The van der Waals surface area contributed by atoms with Crippen molar-refractivity contribution in [2.24, 2.45) is 5.92 Å². The quantitative estimate of drug-likeness (QED) is 0.289. The molecule has 0 bridgehead atoms. The molecule has 0 aliphatic carbocycles. The zero-order valence-corrected chi connectivity index (χ0v) is 16.3. The summed E-state index contributed by atoms with van der Waals surface area (Å²) >= 11 is 0. The molecule has 8 nitrogen and oxygen atoms in total. The van der Waals surface area contributed by atoms with E-state index in [1.54, 1.807) is 6.07 Å². The summed E-state index contributed by atoms with van der Waals surface area (Å²) in [5, 5.41) is 33.9. The molecule has 0 spiro atoms. The molecule has 2 aliphatic heterocycles. The summed E-state index contributed by atoms with van der Waals surface area (Å²) in [7, 11) is 0. The minimum atomic E-state index is -1.44. The minimum absolute atomic E-state index is 0. The van der Waals surface area contributed by atoms with Crippen LogP contribution in [0, 0.1) is 5.92 Å². The van der Waals surface area contributed by atoms with Crippen molar-refractivity contribution in [3.05, 3.63) is 23.2 Å². The Labute approximate surface area is 166 Å². The van der Waals surface area contributed by atoms with E-state index in [1.165, 1.54) is 11.8 Å². The molecule has 3 rings (SSSR count). The first kappa shape index (κ1) is 20.1. The molecule has 0 radical (unpaired) electrons. The molecule has 25 heavy (non-hydrogen) atoms. The van der Waals surface area contributed by atoms with Crippen molar-refractivity contribution in [3.8, 4) is 0 Å². The SMILES string of the molecule is C[C@@H](O)[C@H]1C(=O)N2C(C(=O)[O-])=C(c3cc(CCCCO)no3)C[C@H]12.[Na+]. The van der Waals surface area contributed by atoms with Crippen LogP contribution < -0.4 is 34.7 Å². The number of amides is 1. The van der Waals surface area contributed by atoms with Gasteiger partial charge in [0.05, 0.1) is 35.4 Å². The monoisotopic (exact) mass is 358 g/mol. The van der Waals surface area contributed by atoms with Crippen LogP contribution >= 0.6 is 0 Å². The third kappa shape index (κ3) is 3.54. The van der Waals surface area contributed by atoms with Crippen LogP contribution in [0.15, 0.2) is 16.3 Å². The Hall–Kier alpha value is -1.19. The second-order valence-corrected chi connectivity index (χ2v) is 6.22. The van der Waals surface area contributed by atoms with Gasteiger partial charge < -0.3 is 29.5 Å². The number of nitrogens with zero attached hydrogens (tertiary/aromatic N) is 2. The van der Waals surface area contributed by atoms with Gasteiger partial charge in [0.1, 0.15) is 0 Å². The first-order valence-electron chi connectivity index (χ1n) is 7.98. The van der Waals surface area contributed by atoms with Crippen LogP contribution in [0.3, 0.4) is 0 Å². The van der Waals surface area contributed by atoms with Crippen molar-refractivity contribution < 1.29 is 59.0 Å². The Balaban J connectivity index is 0.00000225. The number of rotatable bonds is 7. The average molecular weight is 358 g/mol. The molecule has 0 unspecified atom stereocenters. The predicted octanol–water partition coefficient (Wildman–Crippen LogP) is -3.93. The molecule has 0 saturated carbocycles. The van der Waals surface area contributed by atoms with Crippen LogP contribution in [0.5, 0.6) is 0 Å². The summed E-state index contributed by atoms with van der Waals surface area (Å²) in [6, 6.07) is 1.27. The van der Waals surface area contributed by atoms with Crippen LogP contribution in [0.1, 0.15) is 37.6 Å². The maximum absolute atomic E-state index is 12.1. The van der Waals surface area contributed by atoms with Gasteiger partial charge in [-0.15, -0.1) is 0 Å². The Morgan fingerprint density at radius 1 is 1.52 bits per heavy atom. The average Bonchev–Trinajstić information content (AvgIpc) is 3.09. The van der Waals surface area contributed by atoms with E-state index in [9.17, 15) is 19.8 Å². The summed E-state index contributed by atoms with van der Waals surface area (Å²) < 4.78 is 5.25. The van der Waals surface area contributed by atoms with Crippen LogP contribution in [-0.4, -0.2) is 50.9 Å². The van der Waals surface area contributed by atoms with Crippen LogP contribution in [0.4, 0.5) is 0 Å². The zero-order valence-electron chi connectivity index (χ0n) is 14.3. The Morgan fingerprint density at radius 2 is 2.24 bits per heavy atom. The van der Waals surface area contributed by atoms with Gasteiger partial charge in [-0.2, -0.15) is 0 Å². The van der Waals surface area contributed by atoms with Gasteiger partial charge in [-0.1, -0.05) is 5.16 Å². The molecule has 0 aromatic carbocycles.